The average Bonchev–Trinajstić information content (AvgIpc) is 2.76. The highest BCUT2D eigenvalue weighted by Gasteiger charge is 2.21. The molecule has 0 aliphatic rings. The van der Waals surface area contributed by atoms with Gasteiger partial charge in [-0.05, 0) is 50.3 Å². The molecule has 0 saturated heterocycles. The molecule has 0 aliphatic heterocycles. The first kappa shape index (κ1) is 18.2. The molecule has 2 rings (SSSR count). The largest absolute Gasteiger partial charge is 0.347 e. The van der Waals surface area contributed by atoms with Crippen molar-refractivity contribution in [3.05, 3.63) is 46.5 Å². The number of amides is 1. The first-order chi connectivity index (χ1) is 11.3. The van der Waals surface area contributed by atoms with Gasteiger partial charge in [-0.25, -0.2) is 0 Å². The first-order valence-corrected chi connectivity index (χ1v) is 8.51. The predicted octanol–water partition coefficient (Wildman–Crippen LogP) is 3.19. The fraction of sp³-hybridized carbons (Fsp3) is 0.526. The van der Waals surface area contributed by atoms with Crippen LogP contribution in [0.4, 0.5) is 0 Å². The average molecular weight is 328 g/mol. The molecule has 2 aromatic rings. The second kappa shape index (κ2) is 7.60. The van der Waals surface area contributed by atoms with Crippen molar-refractivity contribution in [2.45, 2.75) is 53.5 Å². The Morgan fingerprint density at radius 3 is 2.54 bits per heavy atom. The van der Waals surface area contributed by atoms with Gasteiger partial charge in [-0.3, -0.25) is 14.5 Å². The van der Waals surface area contributed by atoms with E-state index in [4.69, 9.17) is 0 Å². The highest BCUT2D eigenvalue weighted by Crippen LogP contribution is 2.23. The summed E-state index contributed by atoms with van der Waals surface area (Å²) in [7, 11) is 1.94. The predicted molar refractivity (Wildman–Crippen MR) is 95.7 cm³/mol. The molecule has 1 atom stereocenters. The fourth-order valence-corrected chi connectivity index (χ4v) is 3.04. The number of aromatic nitrogens is 3. The lowest BCUT2D eigenvalue weighted by Crippen LogP contribution is -2.33. The van der Waals surface area contributed by atoms with Crippen LogP contribution in [0.2, 0.25) is 0 Å². The second-order valence-electron chi connectivity index (χ2n) is 6.77. The standard InChI is InChI=1S/C19H28N4O/c1-12(2)18(19-13(3)8-7-11-20-19)21-17(24)10-9-16-14(4)22-23(6)15(16)5/h7-8,11-12,18H,9-10H2,1-6H3,(H,21,24). The molecular formula is C19H28N4O. The van der Waals surface area contributed by atoms with Crippen LogP contribution in [-0.4, -0.2) is 20.7 Å². The number of nitrogens with zero attached hydrogens (tertiary/aromatic N) is 3. The van der Waals surface area contributed by atoms with Gasteiger partial charge in [0, 0.05) is 25.4 Å². The number of aryl methyl sites for hydroxylation is 3. The molecule has 1 unspecified atom stereocenters. The highest BCUT2D eigenvalue weighted by molar-refractivity contribution is 5.76. The van der Waals surface area contributed by atoms with Gasteiger partial charge in [-0.15, -0.1) is 0 Å². The molecule has 0 aromatic carbocycles. The van der Waals surface area contributed by atoms with Gasteiger partial charge in [-0.2, -0.15) is 5.10 Å². The van der Waals surface area contributed by atoms with E-state index >= 15 is 0 Å². The van der Waals surface area contributed by atoms with Crippen molar-refractivity contribution in [1.82, 2.24) is 20.1 Å². The molecule has 5 heteroatoms. The second-order valence-corrected chi connectivity index (χ2v) is 6.77. The molecule has 0 saturated carbocycles. The molecule has 2 aromatic heterocycles. The van der Waals surface area contributed by atoms with E-state index in [9.17, 15) is 4.79 Å². The number of rotatable bonds is 6. The van der Waals surface area contributed by atoms with E-state index in [1.165, 1.54) is 5.56 Å². The monoisotopic (exact) mass is 328 g/mol. The van der Waals surface area contributed by atoms with E-state index < -0.39 is 0 Å². The van der Waals surface area contributed by atoms with E-state index in [0.717, 1.165) is 22.6 Å². The Morgan fingerprint density at radius 1 is 1.29 bits per heavy atom. The number of carbonyl (C=O) groups excluding carboxylic acids is 1. The first-order valence-electron chi connectivity index (χ1n) is 8.51. The third-order valence-electron chi connectivity index (χ3n) is 4.59. The molecule has 0 aliphatic carbocycles. The van der Waals surface area contributed by atoms with E-state index in [0.29, 0.717) is 12.8 Å². The summed E-state index contributed by atoms with van der Waals surface area (Å²) in [6, 6.07) is 3.90. The van der Waals surface area contributed by atoms with E-state index in [1.807, 2.05) is 44.6 Å². The minimum atomic E-state index is -0.0604. The van der Waals surface area contributed by atoms with Crippen LogP contribution in [0.1, 0.15) is 54.5 Å². The topological polar surface area (TPSA) is 59.8 Å². The van der Waals surface area contributed by atoms with Crippen molar-refractivity contribution in [2.24, 2.45) is 13.0 Å². The molecule has 5 nitrogen and oxygen atoms in total. The number of pyridine rings is 1. The molecule has 2 heterocycles. The maximum Gasteiger partial charge on any atom is 0.220 e. The number of hydrogen-bond acceptors (Lipinski definition) is 3. The van der Waals surface area contributed by atoms with Crippen LogP contribution < -0.4 is 5.32 Å². The highest BCUT2D eigenvalue weighted by atomic mass is 16.1. The summed E-state index contributed by atoms with van der Waals surface area (Å²) in [5.41, 5.74) is 5.36. The minimum absolute atomic E-state index is 0.0569. The molecule has 24 heavy (non-hydrogen) atoms. The zero-order valence-corrected chi connectivity index (χ0v) is 15.6. The van der Waals surface area contributed by atoms with Crippen LogP contribution in [0.25, 0.3) is 0 Å². The Balaban J connectivity index is 2.05. The molecule has 130 valence electrons. The third-order valence-corrected chi connectivity index (χ3v) is 4.59. The Hall–Kier alpha value is -2.17. The van der Waals surface area contributed by atoms with Gasteiger partial charge in [-0.1, -0.05) is 19.9 Å². The maximum absolute atomic E-state index is 12.5. The van der Waals surface area contributed by atoms with Gasteiger partial charge in [0.1, 0.15) is 0 Å². The summed E-state index contributed by atoms with van der Waals surface area (Å²) in [4.78, 5) is 17.0. The summed E-state index contributed by atoms with van der Waals surface area (Å²) >= 11 is 0. The van der Waals surface area contributed by atoms with Crippen molar-refractivity contribution in [2.75, 3.05) is 0 Å². The summed E-state index contributed by atoms with van der Waals surface area (Å²) in [6.45, 7) is 10.3. The molecule has 1 amide bonds. The normalized spacial score (nSPS) is 12.5. The molecule has 1 N–H and O–H groups in total. The van der Waals surface area contributed by atoms with Gasteiger partial charge < -0.3 is 5.32 Å². The Bertz CT molecular complexity index is 718. The number of carbonyl (C=O) groups is 1. The Kier molecular flexibility index (Phi) is 5.75. The lowest BCUT2D eigenvalue weighted by Gasteiger charge is -2.23. The SMILES string of the molecule is Cc1cccnc1C(NC(=O)CCc1c(C)nn(C)c1C)C(C)C. The smallest absolute Gasteiger partial charge is 0.220 e. The number of hydrogen-bond donors (Lipinski definition) is 1. The van der Waals surface area contributed by atoms with Crippen LogP contribution in [0.15, 0.2) is 18.3 Å². The molecule has 0 spiro atoms. The molecule has 0 radical (unpaired) electrons. The van der Waals surface area contributed by atoms with Crippen LogP contribution in [0, 0.1) is 26.7 Å². The van der Waals surface area contributed by atoms with E-state index in [2.05, 4.69) is 29.2 Å². The summed E-state index contributed by atoms with van der Waals surface area (Å²) in [6.07, 6.45) is 2.96. The maximum atomic E-state index is 12.5. The van der Waals surface area contributed by atoms with Gasteiger partial charge in [0.15, 0.2) is 0 Å². The van der Waals surface area contributed by atoms with Crippen molar-refractivity contribution in [3.8, 4) is 0 Å². The van der Waals surface area contributed by atoms with E-state index in [-0.39, 0.29) is 17.9 Å². The quantitative estimate of drug-likeness (QED) is 0.886. The van der Waals surface area contributed by atoms with Crippen molar-refractivity contribution < 1.29 is 4.79 Å². The third kappa shape index (κ3) is 4.02. The summed E-state index contributed by atoms with van der Waals surface area (Å²) in [5, 5.41) is 7.57. The van der Waals surface area contributed by atoms with E-state index in [1.54, 1.807) is 6.20 Å². The van der Waals surface area contributed by atoms with Gasteiger partial charge in [0.05, 0.1) is 17.4 Å². The van der Waals surface area contributed by atoms with Crippen LogP contribution in [-0.2, 0) is 18.3 Å². The van der Waals surface area contributed by atoms with Crippen LogP contribution in [0.3, 0.4) is 0 Å². The Morgan fingerprint density at radius 2 is 2.00 bits per heavy atom. The lowest BCUT2D eigenvalue weighted by molar-refractivity contribution is -0.122. The zero-order chi connectivity index (χ0) is 17.9. The number of nitrogens with one attached hydrogen (secondary N) is 1. The summed E-state index contributed by atoms with van der Waals surface area (Å²) in [5.74, 6) is 0.339. The van der Waals surface area contributed by atoms with Gasteiger partial charge >= 0.3 is 0 Å². The van der Waals surface area contributed by atoms with Gasteiger partial charge in [0.2, 0.25) is 5.91 Å². The van der Waals surface area contributed by atoms with Crippen LogP contribution in [0.5, 0.6) is 0 Å². The summed E-state index contributed by atoms with van der Waals surface area (Å²) < 4.78 is 1.87. The lowest BCUT2D eigenvalue weighted by atomic mass is 9.97. The van der Waals surface area contributed by atoms with Crippen LogP contribution >= 0.6 is 0 Å². The molecule has 0 bridgehead atoms. The minimum Gasteiger partial charge on any atom is -0.347 e. The van der Waals surface area contributed by atoms with Gasteiger partial charge in [0.25, 0.3) is 0 Å². The Labute approximate surface area is 144 Å². The molecular weight excluding hydrogens is 300 g/mol. The van der Waals surface area contributed by atoms with Crippen molar-refractivity contribution in [3.63, 3.8) is 0 Å². The van der Waals surface area contributed by atoms with Crippen molar-refractivity contribution >= 4 is 5.91 Å². The van der Waals surface area contributed by atoms with Crippen molar-refractivity contribution in [1.29, 1.82) is 0 Å². The fourth-order valence-electron chi connectivity index (χ4n) is 3.04. The molecule has 0 fully saturated rings. The zero-order valence-electron chi connectivity index (χ0n) is 15.6.